The van der Waals surface area contributed by atoms with Gasteiger partial charge in [0.05, 0.1) is 0 Å². The van der Waals surface area contributed by atoms with Crippen LogP contribution in [-0.4, -0.2) is 38.6 Å². The lowest BCUT2D eigenvalue weighted by Gasteiger charge is -2.11. The molecule has 0 fully saturated rings. The van der Waals surface area contributed by atoms with Gasteiger partial charge in [0.1, 0.15) is 0 Å². The molecule has 5 nitrogen and oxygen atoms in total. The highest BCUT2D eigenvalue weighted by Crippen LogP contribution is 1.94. The summed E-state index contributed by atoms with van der Waals surface area (Å²) in [5.74, 6) is 0. The lowest BCUT2D eigenvalue weighted by Crippen LogP contribution is -2.36. The van der Waals surface area contributed by atoms with Gasteiger partial charge in [-0.05, 0) is 18.0 Å². The van der Waals surface area contributed by atoms with E-state index in [1.165, 1.54) is 14.1 Å². The van der Waals surface area contributed by atoms with Gasteiger partial charge in [0.15, 0.2) is 0 Å². The van der Waals surface area contributed by atoms with Crippen LogP contribution in [-0.2, 0) is 15.0 Å². The van der Waals surface area contributed by atoms with Crippen molar-refractivity contribution in [3.8, 4) is 0 Å². The first-order valence-electron chi connectivity index (χ1n) is 3.71. The van der Waals surface area contributed by atoms with Gasteiger partial charge in [-0.2, -0.15) is 12.7 Å². The topological polar surface area (TPSA) is 66.5 Å². The summed E-state index contributed by atoms with van der Waals surface area (Å²) in [6.07, 6.45) is 0.590. The van der Waals surface area contributed by atoms with Gasteiger partial charge in [-0.1, -0.05) is 0 Å². The van der Waals surface area contributed by atoms with Crippen molar-refractivity contribution in [2.24, 2.45) is 0 Å². The van der Waals surface area contributed by atoms with Crippen LogP contribution in [0.2, 0.25) is 0 Å². The third kappa shape index (κ3) is 5.98. The van der Waals surface area contributed by atoms with Crippen LogP contribution < -0.4 is 4.72 Å². The quantitative estimate of drug-likeness (QED) is 0.511. The molecule has 78 valence electrons. The Balaban J connectivity index is 3.72. The number of halogens is 1. The highest BCUT2D eigenvalue weighted by Gasteiger charge is 2.11. The number of nitrogens with one attached hydrogen (secondary N) is 1. The predicted molar refractivity (Wildman–Crippen MR) is 50.7 cm³/mol. The van der Waals surface area contributed by atoms with Gasteiger partial charge in [-0.15, -0.1) is 0 Å². The van der Waals surface area contributed by atoms with E-state index in [0.717, 1.165) is 4.31 Å². The molecule has 0 atom stereocenters. The average molecular weight is 229 g/mol. The third-order valence-electron chi connectivity index (χ3n) is 1.32. The van der Waals surface area contributed by atoms with E-state index >= 15 is 0 Å². The first-order chi connectivity index (χ1) is 5.86. The maximum absolute atomic E-state index is 11.1. The van der Waals surface area contributed by atoms with Crippen molar-refractivity contribution >= 4 is 27.1 Å². The highest BCUT2D eigenvalue weighted by atomic mass is 35.5. The molecule has 0 bridgehead atoms. The predicted octanol–water partition coefficient (Wildman–Crippen LogP) is -0.0720. The molecule has 0 aliphatic rings. The van der Waals surface area contributed by atoms with Gasteiger partial charge in [-0.25, -0.2) is 4.72 Å². The Morgan fingerprint density at radius 2 is 2.00 bits per heavy atom. The standard InChI is InChI=1S/C6H13ClN2O3S/c1-9(2)13(11,12)8-5-3-4-6(7)10/h8H,3-5H2,1-2H3. The second-order valence-corrected chi connectivity index (χ2v) is 5.03. The van der Waals surface area contributed by atoms with E-state index in [0.29, 0.717) is 6.42 Å². The van der Waals surface area contributed by atoms with Crippen molar-refractivity contribution in [3.63, 3.8) is 0 Å². The largest absolute Gasteiger partial charge is 0.281 e. The second-order valence-electron chi connectivity index (χ2n) is 2.64. The molecule has 0 heterocycles. The van der Waals surface area contributed by atoms with E-state index in [2.05, 4.69) is 4.72 Å². The molecular weight excluding hydrogens is 216 g/mol. The van der Waals surface area contributed by atoms with E-state index in [1.54, 1.807) is 0 Å². The van der Waals surface area contributed by atoms with Gasteiger partial charge in [0.2, 0.25) is 5.24 Å². The molecule has 13 heavy (non-hydrogen) atoms. The summed E-state index contributed by atoms with van der Waals surface area (Å²) in [5.41, 5.74) is 0. The molecule has 0 spiro atoms. The summed E-state index contributed by atoms with van der Waals surface area (Å²) >= 11 is 5.06. The Bertz CT molecular complexity index is 263. The molecule has 0 saturated carbocycles. The minimum absolute atomic E-state index is 0.178. The number of nitrogens with zero attached hydrogens (tertiary/aromatic N) is 1. The van der Waals surface area contributed by atoms with E-state index in [4.69, 9.17) is 11.6 Å². The minimum atomic E-state index is -3.37. The van der Waals surface area contributed by atoms with Crippen LogP contribution in [0.4, 0.5) is 0 Å². The van der Waals surface area contributed by atoms with Gasteiger partial charge < -0.3 is 0 Å². The lowest BCUT2D eigenvalue weighted by molar-refractivity contribution is -0.111. The number of carbonyl (C=O) groups excluding carboxylic acids is 1. The van der Waals surface area contributed by atoms with E-state index in [-0.39, 0.29) is 13.0 Å². The fraction of sp³-hybridized carbons (Fsp3) is 0.833. The summed E-state index contributed by atoms with van der Waals surface area (Å²) in [6.45, 7) is 0.221. The maximum Gasteiger partial charge on any atom is 0.278 e. The van der Waals surface area contributed by atoms with E-state index in [9.17, 15) is 13.2 Å². The molecule has 0 radical (unpaired) electrons. The van der Waals surface area contributed by atoms with Crippen molar-refractivity contribution in [2.75, 3.05) is 20.6 Å². The van der Waals surface area contributed by atoms with E-state index < -0.39 is 15.5 Å². The second kappa shape index (κ2) is 5.54. The summed E-state index contributed by atoms with van der Waals surface area (Å²) in [4.78, 5) is 10.3. The van der Waals surface area contributed by atoms with Crippen molar-refractivity contribution < 1.29 is 13.2 Å². The summed E-state index contributed by atoms with van der Waals surface area (Å²) in [7, 11) is -0.516. The fourth-order valence-electron chi connectivity index (χ4n) is 0.558. The minimum Gasteiger partial charge on any atom is -0.281 e. The van der Waals surface area contributed by atoms with Crippen molar-refractivity contribution in [2.45, 2.75) is 12.8 Å². The smallest absolute Gasteiger partial charge is 0.278 e. The molecule has 0 saturated heterocycles. The maximum atomic E-state index is 11.1. The molecule has 0 rings (SSSR count). The van der Waals surface area contributed by atoms with Crippen LogP contribution in [0.3, 0.4) is 0 Å². The highest BCUT2D eigenvalue weighted by molar-refractivity contribution is 7.87. The Hall–Kier alpha value is -0.170. The Kier molecular flexibility index (Phi) is 5.46. The van der Waals surface area contributed by atoms with Crippen molar-refractivity contribution in [1.29, 1.82) is 0 Å². The molecular formula is C6H13ClN2O3S. The van der Waals surface area contributed by atoms with Gasteiger partial charge in [0, 0.05) is 27.1 Å². The number of rotatable bonds is 6. The molecule has 0 aliphatic carbocycles. The Morgan fingerprint density at radius 3 is 2.38 bits per heavy atom. The van der Waals surface area contributed by atoms with Crippen LogP contribution in [0.1, 0.15) is 12.8 Å². The summed E-state index contributed by atoms with van der Waals surface area (Å²) in [6, 6.07) is 0. The van der Waals surface area contributed by atoms with Crippen LogP contribution >= 0.6 is 11.6 Å². The van der Waals surface area contributed by atoms with Crippen LogP contribution in [0.15, 0.2) is 0 Å². The molecule has 0 unspecified atom stereocenters. The average Bonchev–Trinajstić information content (AvgIpc) is 1.97. The first-order valence-corrected chi connectivity index (χ1v) is 5.53. The van der Waals surface area contributed by atoms with Crippen LogP contribution in [0, 0.1) is 0 Å². The number of hydrogen-bond donors (Lipinski definition) is 1. The Morgan fingerprint density at radius 1 is 1.46 bits per heavy atom. The zero-order chi connectivity index (χ0) is 10.5. The summed E-state index contributed by atoms with van der Waals surface area (Å²) < 4.78 is 25.5. The monoisotopic (exact) mass is 228 g/mol. The van der Waals surface area contributed by atoms with Gasteiger partial charge >= 0.3 is 0 Å². The third-order valence-corrected chi connectivity index (χ3v) is 3.03. The lowest BCUT2D eigenvalue weighted by atomic mass is 10.3. The molecule has 0 aromatic carbocycles. The molecule has 0 aliphatic heterocycles. The normalized spacial score (nSPS) is 12.0. The fourth-order valence-corrected chi connectivity index (χ4v) is 1.35. The Labute approximate surface area is 83.2 Å². The molecule has 0 aromatic heterocycles. The van der Waals surface area contributed by atoms with E-state index in [1.807, 2.05) is 0 Å². The summed E-state index contributed by atoms with van der Waals surface area (Å²) in [5, 5.41) is -0.455. The van der Waals surface area contributed by atoms with Gasteiger partial charge in [0.25, 0.3) is 10.2 Å². The molecule has 0 amide bonds. The molecule has 1 N–H and O–H groups in total. The van der Waals surface area contributed by atoms with Crippen LogP contribution in [0.5, 0.6) is 0 Å². The van der Waals surface area contributed by atoms with Gasteiger partial charge in [-0.3, -0.25) is 4.79 Å². The van der Waals surface area contributed by atoms with Crippen molar-refractivity contribution in [1.82, 2.24) is 9.03 Å². The number of hydrogen-bond acceptors (Lipinski definition) is 3. The first kappa shape index (κ1) is 12.8. The zero-order valence-electron chi connectivity index (χ0n) is 7.58. The van der Waals surface area contributed by atoms with Crippen molar-refractivity contribution in [3.05, 3.63) is 0 Å². The molecule has 0 aromatic rings. The zero-order valence-corrected chi connectivity index (χ0v) is 9.15. The SMILES string of the molecule is CN(C)S(=O)(=O)NCCCC(=O)Cl. The van der Waals surface area contributed by atoms with Crippen LogP contribution in [0.25, 0.3) is 0 Å². The molecule has 7 heteroatoms. The number of carbonyl (C=O) groups is 1.